The summed E-state index contributed by atoms with van der Waals surface area (Å²) >= 11 is 0. The molecule has 0 aliphatic rings. The molecule has 0 saturated heterocycles. The fourth-order valence-corrected chi connectivity index (χ4v) is 4.36. The fraction of sp³-hybridized carbons (Fsp3) is 0.545. The molecule has 65 heavy (non-hydrogen) atoms. The highest BCUT2D eigenvalue weighted by Crippen LogP contribution is 2.11. The highest BCUT2D eigenvalue weighted by atomic mass is 16.6. The van der Waals surface area contributed by atoms with E-state index in [1.807, 2.05) is 36.4 Å². The number of aliphatic hydroxyl groups is 1. The summed E-state index contributed by atoms with van der Waals surface area (Å²) in [6, 6.07) is 16.0. The summed E-state index contributed by atoms with van der Waals surface area (Å²) in [7, 11) is 2.92. The molecule has 364 valence electrons. The highest BCUT2D eigenvalue weighted by molar-refractivity contribution is 5.85. The summed E-state index contributed by atoms with van der Waals surface area (Å²) in [6.45, 7) is 12.3. The molecule has 0 bridgehead atoms. The van der Waals surface area contributed by atoms with Crippen molar-refractivity contribution >= 4 is 48.0 Å². The molecule has 2 aromatic rings. The Hall–Kier alpha value is -6.32. The number of rotatable bonds is 21. The van der Waals surface area contributed by atoms with Crippen LogP contribution >= 0.6 is 0 Å². The number of hydrogen-bond acceptors (Lipinski definition) is 18. The minimum Gasteiger partial charge on any atom is -0.480 e. The van der Waals surface area contributed by atoms with Crippen LogP contribution in [0.2, 0.25) is 0 Å². The summed E-state index contributed by atoms with van der Waals surface area (Å²) in [5.74, 6) is -5.16. The largest absolute Gasteiger partial charge is 0.480 e. The van der Waals surface area contributed by atoms with Crippen molar-refractivity contribution in [1.82, 2.24) is 10.6 Å². The first-order valence-electron chi connectivity index (χ1n) is 20.2. The van der Waals surface area contributed by atoms with Crippen molar-refractivity contribution < 1.29 is 91.2 Å². The van der Waals surface area contributed by atoms with Crippen LogP contribution in [0.3, 0.4) is 0 Å². The highest BCUT2D eigenvalue weighted by Gasteiger charge is 2.30. The number of aliphatic carboxylic acids is 1. The Labute approximate surface area is 378 Å². The number of esters is 5. The summed E-state index contributed by atoms with van der Waals surface area (Å²) in [6.07, 6.45) is -3.74. The van der Waals surface area contributed by atoms with Gasteiger partial charge in [0.15, 0.2) is 19.3 Å². The maximum atomic E-state index is 12.7. The van der Waals surface area contributed by atoms with E-state index in [0.29, 0.717) is 0 Å². The van der Waals surface area contributed by atoms with Crippen molar-refractivity contribution in [1.29, 1.82) is 0 Å². The first kappa shape index (κ1) is 58.7. The second-order valence-corrected chi connectivity index (χ2v) is 15.5. The van der Waals surface area contributed by atoms with Gasteiger partial charge in [0, 0.05) is 27.1 Å². The topological polar surface area (TPSA) is 284 Å². The zero-order valence-electron chi connectivity index (χ0n) is 38.6. The predicted molar refractivity (Wildman–Crippen MR) is 229 cm³/mol. The third kappa shape index (κ3) is 31.2. The predicted octanol–water partition coefficient (Wildman–Crippen LogP) is 3.09. The number of benzene rings is 2. The molecule has 0 radical (unpaired) electrons. The molecule has 0 aliphatic heterocycles. The Bertz CT molecular complexity index is 1760. The lowest BCUT2D eigenvalue weighted by atomic mass is 10.1. The van der Waals surface area contributed by atoms with Gasteiger partial charge in [-0.15, -0.1) is 0 Å². The van der Waals surface area contributed by atoms with Crippen molar-refractivity contribution in [2.24, 2.45) is 0 Å². The van der Waals surface area contributed by atoms with Gasteiger partial charge in [0.1, 0.15) is 42.6 Å². The summed E-state index contributed by atoms with van der Waals surface area (Å²) < 4.78 is 43.3. The number of aliphatic hydroxyl groups excluding tert-OH is 1. The fourth-order valence-electron chi connectivity index (χ4n) is 4.36. The third-order valence-electron chi connectivity index (χ3n) is 7.26. The lowest BCUT2D eigenvalue weighted by Gasteiger charge is -2.23. The van der Waals surface area contributed by atoms with Crippen LogP contribution in [0.15, 0.2) is 60.7 Å². The Kier molecular flexibility index (Phi) is 28.5. The number of carbonyl (C=O) groups is 8. The molecule has 21 heteroatoms. The molecule has 21 nitrogen and oxygen atoms in total. The zero-order valence-corrected chi connectivity index (χ0v) is 38.6. The van der Waals surface area contributed by atoms with Crippen molar-refractivity contribution in [3.05, 3.63) is 71.8 Å². The monoisotopic (exact) mass is 924 g/mol. The van der Waals surface area contributed by atoms with Gasteiger partial charge in [0.05, 0.1) is 13.2 Å². The van der Waals surface area contributed by atoms with E-state index in [0.717, 1.165) is 11.1 Å². The van der Waals surface area contributed by atoms with Crippen LogP contribution in [0.1, 0.15) is 66.5 Å². The van der Waals surface area contributed by atoms with E-state index in [-0.39, 0.29) is 39.3 Å². The minimum absolute atomic E-state index is 0.0227. The molecule has 2 rings (SSSR count). The Morgan fingerprint density at radius 3 is 1.31 bits per heavy atom. The average molecular weight is 925 g/mol. The van der Waals surface area contributed by atoms with Gasteiger partial charge in [-0.1, -0.05) is 60.7 Å². The van der Waals surface area contributed by atoms with Gasteiger partial charge < -0.3 is 63.5 Å². The van der Waals surface area contributed by atoms with E-state index in [1.54, 1.807) is 65.8 Å². The molecule has 4 unspecified atom stereocenters. The number of nitrogens with one attached hydrogen (secondary N) is 2. The van der Waals surface area contributed by atoms with E-state index in [2.05, 4.69) is 24.8 Å². The zero-order chi connectivity index (χ0) is 49.6. The van der Waals surface area contributed by atoms with Gasteiger partial charge in [-0.3, -0.25) is 0 Å². The lowest BCUT2D eigenvalue weighted by molar-refractivity contribution is -0.172. The van der Waals surface area contributed by atoms with E-state index in [9.17, 15) is 38.4 Å². The van der Waals surface area contributed by atoms with Crippen LogP contribution in [0, 0.1) is 0 Å². The Morgan fingerprint density at radius 2 is 0.938 bits per heavy atom. The molecule has 4 N–H and O–H groups in total. The van der Waals surface area contributed by atoms with E-state index in [1.165, 1.54) is 28.1 Å². The third-order valence-corrected chi connectivity index (χ3v) is 7.26. The van der Waals surface area contributed by atoms with Crippen LogP contribution in [-0.4, -0.2) is 148 Å². The minimum atomic E-state index is -1.31. The summed E-state index contributed by atoms with van der Waals surface area (Å²) in [5, 5.41) is 22.6. The quantitative estimate of drug-likeness (QED) is 0.0795. The maximum absolute atomic E-state index is 12.7. The number of carbonyl (C=O) groups excluding carboxylic acids is 7. The molecule has 0 aromatic heterocycles. The number of amides is 2. The molecular weight excluding hydrogens is 860 g/mol. The number of alkyl carbamates (subject to hydrolysis) is 2. The number of hydrogen-bond donors (Lipinski definition) is 4. The smallest absolute Gasteiger partial charge is 0.408 e. The lowest BCUT2D eigenvalue weighted by Crippen LogP contribution is -2.46. The summed E-state index contributed by atoms with van der Waals surface area (Å²) in [5.41, 5.74) is 0.186. The van der Waals surface area contributed by atoms with E-state index >= 15 is 0 Å². The molecule has 2 aromatic carbocycles. The maximum Gasteiger partial charge on any atom is 0.408 e. The molecule has 0 spiro atoms. The Morgan fingerprint density at radius 1 is 0.554 bits per heavy atom. The molecule has 0 aliphatic carbocycles. The SMILES string of the molecule is CC(C)(C)OC(=O)NC(Cc1ccccc1)C(=O)O.COCCOC(=O)COC(=O)C(C)O.COCCOC(=O)COC(=O)C(C)OC(=O)C(Cc1ccccc1)NC(=O)OC(C)(C)C. The van der Waals surface area contributed by atoms with Gasteiger partial charge in [-0.05, 0) is 66.5 Å². The average Bonchev–Trinajstić information content (AvgIpc) is 3.21. The standard InChI is InChI=1S/C22H31NO9.C14H19NO4.C8H14O6/c1-15(19(25)30-14-18(24)29-12-11-28-5)31-20(26)17(13-16-9-7-6-8-10-16)23-21(27)32-22(2,3)4;1-14(2,3)19-13(18)15-11(12(16)17)9-10-7-5-4-6-8-10;1-6(9)8(11)14-5-7(10)13-4-3-12-2/h6-10,15,17H,11-14H2,1-5H3,(H,23,27);4-8,11H,9H2,1-3H3,(H,15,18)(H,16,17);6,9H,3-5H2,1-2H3. The number of ether oxygens (including phenoxy) is 9. The van der Waals surface area contributed by atoms with Crippen LogP contribution in [0.25, 0.3) is 0 Å². The van der Waals surface area contributed by atoms with Crippen molar-refractivity contribution in [2.45, 2.75) is 104 Å². The molecule has 0 saturated carbocycles. The second kappa shape index (κ2) is 31.5. The van der Waals surface area contributed by atoms with E-state index < -0.39 is 96.7 Å². The van der Waals surface area contributed by atoms with Crippen molar-refractivity contribution in [3.63, 3.8) is 0 Å². The van der Waals surface area contributed by atoms with Crippen LogP contribution < -0.4 is 10.6 Å². The van der Waals surface area contributed by atoms with Crippen LogP contribution in [0.4, 0.5) is 9.59 Å². The van der Waals surface area contributed by atoms with Gasteiger partial charge in [-0.25, -0.2) is 38.4 Å². The molecular formula is C44H64N2O19. The number of methoxy groups -OCH3 is 2. The van der Waals surface area contributed by atoms with Gasteiger partial charge >= 0.3 is 48.0 Å². The van der Waals surface area contributed by atoms with Crippen molar-refractivity contribution in [2.75, 3.05) is 53.9 Å². The van der Waals surface area contributed by atoms with Gasteiger partial charge in [-0.2, -0.15) is 0 Å². The molecule has 0 fully saturated rings. The number of carboxylic acids is 1. The second-order valence-electron chi connectivity index (χ2n) is 15.5. The van der Waals surface area contributed by atoms with Gasteiger partial charge in [0.2, 0.25) is 0 Å². The molecule has 0 heterocycles. The summed E-state index contributed by atoms with van der Waals surface area (Å²) in [4.78, 5) is 92.6. The normalized spacial score (nSPS) is 12.5. The first-order valence-corrected chi connectivity index (χ1v) is 20.2. The first-order chi connectivity index (χ1) is 30.4. The Balaban J connectivity index is 0.00000105. The van der Waals surface area contributed by atoms with Gasteiger partial charge in [0.25, 0.3) is 0 Å². The number of carboxylic acid groups (broad SMARTS) is 1. The van der Waals surface area contributed by atoms with Crippen molar-refractivity contribution in [3.8, 4) is 0 Å². The molecule has 4 atom stereocenters. The van der Waals surface area contributed by atoms with E-state index in [4.69, 9.17) is 38.6 Å². The molecule has 2 amide bonds. The van der Waals surface area contributed by atoms with Crippen LogP contribution in [0.5, 0.6) is 0 Å². The van der Waals surface area contributed by atoms with Crippen LogP contribution in [-0.2, 0) is 84.2 Å².